The first-order valence-corrected chi connectivity index (χ1v) is 10.4. The molecule has 1 atom stereocenters. The first kappa shape index (κ1) is 20.4. The van der Waals surface area contributed by atoms with Gasteiger partial charge in [0.15, 0.2) is 5.65 Å². The first-order valence-electron chi connectivity index (χ1n) is 9.57. The number of ether oxygens (including phenoxy) is 3. The summed E-state index contributed by atoms with van der Waals surface area (Å²) in [6, 6.07) is 15.6. The van der Waals surface area contributed by atoms with Crippen molar-refractivity contribution < 1.29 is 14.2 Å². The van der Waals surface area contributed by atoms with Crippen LogP contribution in [0, 0.1) is 6.92 Å². The second-order valence-corrected chi connectivity index (χ2v) is 8.02. The smallest absolute Gasteiger partial charge is 0.178 e. The monoisotopic (exact) mass is 467 g/mol. The van der Waals surface area contributed by atoms with Gasteiger partial charge in [0.25, 0.3) is 0 Å². The second-order valence-electron chi connectivity index (χ2n) is 7.10. The number of hydrogen-bond acceptors (Lipinski definition) is 5. The molecule has 0 bridgehead atoms. The van der Waals surface area contributed by atoms with Crippen LogP contribution in [-0.4, -0.2) is 34.8 Å². The normalized spacial score (nSPS) is 12.1. The number of pyridine rings is 1. The third kappa shape index (κ3) is 4.80. The molecule has 2 heterocycles. The summed E-state index contributed by atoms with van der Waals surface area (Å²) >= 11 is 3.44. The minimum absolute atomic E-state index is 0.106. The van der Waals surface area contributed by atoms with Crippen LogP contribution in [0.2, 0.25) is 0 Å². The molecule has 30 heavy (non-hydrogen) atoms. The Kier molecular flexibility index (Phi) is 6.01. The van der Waals surface area contributed by atoms with E-state index < -0.39 is 0 Å². The summed E-state index contributed by atoms with van der Waals surface area (Å²) in [5, 5.41) is 0. The summed E-state index contributed by atoms with van der Waals surface area (Å²) < 4.78 is 18.2. The van der Waals surface area contributed by atoms with Crippen LogP contribution in [0.1, 0.15) is 12.5 Å². The highest BCUT2D eigenvalue weighted by atomic mass is 79.9. The van der Waals surface area contributed by atoms with Crippen LogP contribution in [0.25, 0.3) is 22.6 Å². The maximum atomic E-state index is 6.09. The van der Waals surface area contributed by atoms with Gasteiger partial charge in [-0.2, -0.15) is 0 Å². The molecule has 0 aliphatic carbocycles. The molecule has 0 saturated heterocycles. The molecule has 6 nitrogen and oxygen atoms in total. The minimum Gasteiger partial charge on any atom is -0.488 e. The molecule has 154 valence electrons. The Balaban J connectivity index is 1.72. The van der Waals surface area contributed by atoms with Crippen LogP contribution >= 0.6 is 15.9 Å². The zero-order chi connectivity index (χ0) is 21.1. The van der Waals surface area contributed by atoms with Crippen LogP contribution < -0.4 is 9.47 Å². The number of aryl methyl sites for hydroxylation is 1. The minimum atomic E-state index is -0.106. The number of nitrogens with zero attached hydrogens (tertiary/aromatic N) is 2. The van der Waals surface area contributed by atoms with Crippen molar-refractivity contribution in [3.05, 3.63) is 64.8 Å². The molecular weight excluding hydrogens is 446 g/mol. The summed E-state index contributed by atoms with van der Waals surface area (Å²) in [6.07, 6.45) is 1.62. The zero-order valence-corrected chi connectivity index (χ0v) is 18.6. The quantitative estimate of drug-likeness (QED) is 0.366. The van der Waals surface area contributed by atoms with Gasteiger partial charge in [-0.3, -0.25) is 0 Å². The second kappa shape index (κ2) is 8.85. The van der Waals surface area contributed by atoms with E-state index >= 15 is 0 Å². The lowest BCUT2D eigenvalue weighted by atomic mass is 10.2. The van der Waals surface area contributed by atoms with Crippen molar-refractivity contribution in [1.29, 1.82) is 0 Å². The van der Waals surface area contributed by atoms with Gasteiger partial charge in [-0.25, -0.2) is 9.97 Å². The topological polar surface area (TPSA) is 69.3 Å². The lowest BCUT2D eigenvalue weighted by Crippen LogP contribution is -2.17. The van der Waals surface area contributed by atoms with Crippen LogP contribution in [0.5, 0.6) is 17.2 Å². The number of nitrogens with one attached hydrogen (secondary N) is 1. The zero-order valence-electron chi connectivity index (χ0n) is 17.0. The summed E-state index contributed by atoms with van der Waals surface area (Å²) in [4.78, 5) is 12.3. The molecule has 0 spiro atoms. The van der Waals surface area contributed by atoms with E-state index in [1.54, 1.807) is 13.3 Å². The fraction of sp³-hybridized carbons (Fsp3) is 0.217. The summed E-state index contributed by atoms with van der Waals surface area (Å²) in [5.74, 6) is 2.78. The summed E-state index contributed by atoms with van der Waals surface area (Å²) in [5.41, 5.74) is 3.51. The highest BCUT2D eigenvalue weighted by Gasteiger charge is 2.13. The predicted octanol–water partition coefficient (Wildman–Crippen LogP) is 5.90. The number of imidazole rings is 1. The average Bonchev–Trinajstić information content (AvgIpc) is 3.13. The van der Waals surface area contributed by atoms with Gasteiger partial charge in [-0.15, -0.1) is 0 Å². The largest absolute Gasteiger partial charge is 0.488 e. The van der Waals surface area contributed by atoms with Gasteiger partial charge >= 0.3 is 0 Å². The Labute approximate surface area is 183 Å². The fourth-order valence-corrected chi connectivity index (χ4v) is 3.42. The van der Waals surface area contributed by atoms with E-state index in [2.05, 4.69) is 30.9 Å². The highest BCUT2D eigenvalue weighted by molar-refractivity contribution is 9.10. The number of halogens is 1. The van der Waals surface area contributed by atoms with Gasteiger partial charge in [-0.1, -0.05) is 17.7 Å². The number of hydrogen-bond donors (Lipinski definition) is 1. The lowest BCUT2D eigenvalue weighted by molar-refractivity contribution is 0.0920. The molecule has 0 radical (unpaired) electrons. The maximum Gasteiger partial charge on any atom is 0.178 e. The lowest BCUT2D eigenvalue weighted by Gasteiger charge is -2.16. The maximum absolute atomic E-state index is 6.09. The van der Waals surface area contributed by atoms with E-state index in [0.29, 0.717) is 29.6 Å². The molecule has 2 aromatic heterocycles. The highest BCUT2D eigenvalue weighted by Crippen LogP contribution is 2.33. The SMILES string of the molecule is COCC(C)Oc1cc(Oc2ccc(C)cc2)cc(-c2nc3ncc(Br)cc3[nH]2)c1. The Morgan fingerprint density at radius 2 is 1.80 bits per heavy atom. The third-order valence-electron chi connectivity index (χ3n) is 4.45. The van der Waals surface area contributed by atoms with Gasteiger partial charge in [0.05, 0.1) is 12.1 Å². The number of methoxy groups -OCH3 is 1. The van der Waals surface area contributed by atoms with Crippen LogP contribution in [0.15, 0.2) is 59.2 Å². The van der Waals surface area contributed by atoms with Crippen molar-refractivity contribution in [3.63, 3.8) is 0 Å². The van der Waals surface area contributed by atoms with Crippen molar-refractivity contribution >= 4 is 27.1 Å². The number of aromatic amines is 1. The molecule has 0 saturated carbocycles. The van der Waals surface area contributed by atoms with Crippen molar-refractivity contribution in [3.8, 4) is 28.6 Å². The molecule has 0 amide bonds. The Hall–Kier alpha value is -2.90. The van der Waals surface area contributed by atoms with Crippen molar-refractivity contribution in [2.24, 2.45) is 0 Å². The van der Waals surface area contributed by atoms with E-state index in [1.807, 2.05) is 62.4 Å². The number of rotatable bonds is 7. The Bertz CT molecular complexity index is 1160. The number of H-pyrrole nitrogens is 1. The first-order chi connectivity index (χ1) is 14.5. The third-order valence-corrected chi connectivity index (χ3v) is 4.89. The van der Waals surface area contributed by atoms with Crippen molar-refractivity contribution in [2.45, 2.75) is 20.0 Å². The van der Waals surface area contributed by atoms with E-state index in [4.69, 9.17) is 14.2 Å². The summed E-state index contributed by atoms with van der Waals surface area (Å²) in [6.45, 7) is 4.49. The molecule has 7 heteroatoms. The van der Waals surface area contributed by atoms with Gasteiger partial charge in [0.1, 0.15) is 29.2 Å². The molecular formula is C23H22BrN3O3. The van der Waals surface area contributed by atoms with Gasteiger partial charge in [0, 0.05) is 29.4 Å². The Morgan fingerprint density at radius 1 is 1.03 bits per heavy atom. The van der Waals surface area contributed by atoms with Gasteiger partial charge in [-0.05, 0) is 60.1 Å². The van der Waals surface area contributed by atoms with E-state index in [9.17, 15) is 0 Å². The molecule has 0 aliphatic rings. The molecule has 1 unspecified atom stereocenters. The number of benzene rings is 2. The molecule has 4 rings (SSSR count). The predicted molar refractivity (Wildman–Crippen MR) is 120 cm³/mol. The molecule has 1 N–H and O–H groups in total. The van der Waals surface area contributed by atoms with E-state index in [-0.39, 0.29) is 6.10 Å². The molecule has 0 aliphatic heterocycles. The fourth-order valence-electron chi connectivity index (χ4n) is 3.09. The van der Waals surface area contributed by atoms with Gasteiger partial charge < -0.3 is 19.2 Å². The molecule has 4 aromatic rings. The standard InChI is InChI=1S/C23H22BrN3O3/c1-14-4-6-18(7-5-14)30-20-9-16(8-19(11-20)29-15(2)13-28-3)22-26-21-10-17(24)12-25-23(21)27-22/h4-12,15H,13H2,1-3H3,(H,25,26,27). The Morgan fingerprint density at radius 3 is 2.57 bits per heavy atom. The van der Waals surface area contributed by atoms with E-state index in [1.165, 1.54) is 5.56 Å². The summed E-state index contributed by atoms with van der Waals surface area (Å²) in [7, 11) is 1.65. The van der Waals surface area contributed by atoms with E-state index in [0.717, 1.165) is 21.3 Å². The van der Waals surface area contributed by atoms with Crippen LogP contribution in [0.4, 0.5) is 0 Å². The average molecular weight is 468 g/mol. The van der Waals surface area contributed by atoms with Crippen molar-refractivity contribution in [2.75, 3.05) is 13.7 Å². The van der Waals surface area contributed by atoms with Crippen molar-refractivity contribution in [1.82, 2.24) is 15.0 Å². The number of aromatic nitrogens is 3. The van der Waals surface area contributed by atoms with Crippen LogP contribution in [0.3, 0.4) is 0 Å². The molecule has 2 aromatic carbocycles. The van der Waals surface area contributed by atoms with Gasteiger partial charge in [0.2, 0.25) is 0 Å². The number of fused-ring (bicyclic) bond motifs is 1. The molecule has 0 fully saturated rings. The van der Waals surface area contributed by atoms with Crippen LogP contribution in [-0.2, 0) is 4.74 Å².